The highest BCUT2D eigenvalue weighted by Gasteiger charge is 2.23. The molecule has 1 aliphatic rings. The van der Waals surface area contributed by atoms with E-state index in [0.717, 1.165) is 5.69 Å². The monoisotopic (exact) mass is 366 g/mol. The molecule has 3 rings (SSSR count). The minimum atomic E-state index is -0.394. The number of rotatable bonds is 3. The van der Waals surface area contributed by atoms with Gasteiger partial charge < -0.3 is 15.5 Å². The standard InChI is InChI=1S/C14H12Cl2N6O2/c1-5-3-7(21-19-5)17-11-9(15)14(24)12(10(16)13(11)23)18-8-4-6(2)20-22-8/h3-4,23-24H,1-2H3,(H2,17,19,21). The van der Waals surface area contributed by atoms with E-state index in [4.69, 9.17) is 23.2 Å². The maximum Gasteiger partial charge on any atom is 0.177 e. The topological polar surface area (TPSA) is 118 Å². The van der Waals surface area contributed by atoms with Gasteiger partial charge in [-0.2, -0.15) is 10.2 Å². The van der Waals surface area contributed by atoms with Crippen LogP contribution in [0.1, 0.15) is 12.6 Å². The van der Waals surface area contributed by atoms with Crippen molar-refractivity contribution in [2.75, 3.05) is 5.32 Å². The lowest BCUT2D eigenvalue weighted by atomic mass is 10.2. The van der Waals surface area contributed by atoms with Crippen LogP contribution in [-0.2, 0) is 0 Å². The molecule has 1 aliphatic heterocycles. The summed E-state index contributed by atoms with van der Waals surface area (Å²) in [7, 11) is 0. The van der Waals surface area contributed by atoms with Gasteiger partial charge in [0.15, 0.2) is 23.2 Å². The third-order valence-corrected chi connectivity index (χ3v) is 3.86. The number of aromatic amines is 1. The van der Waals surface area contributed by atoms with Gasteiger partial charge in [0, 0.05) is 17.8 Å². The van der Waals surface area contributed by atoms with E-state index in [9.17, 15) is 10.2 Å². The number of anilines is 2. The summed E-state index contributed by atoms with van der Waals surface area (Å²) in [6, 6.07) is 1.70. The van der Waals surface area contributed by atoms with Gasteiger partial charge in [-0.05, 0) is 13.8 Å². The Kier molecular flexibility index (Phi) is 4.16. The van der Waals surface area contributed by atoms with E-state index in [-0.39, 0.29) is 33.0 Å². The molecule has 0 spiro atoms. The molecule has 0 unspecified atom stereocenters. The number of aliphatic imine (C=N–C) groups is 1. The van der Waals surface area contributed by atoms with Crippen LogP contribution in [0.4, 0.5) is 17.2 Å². The fraction of sp³-hybridized carbons (Fsp3) is 0.143. The van der Waals surface area contributed by atoms with Crippen molar-refractivity contribution in [3.05, 3.63) is 33.6 Å². The number of amidine groups is 1. The summed E-state index contributed by atoms with van der Waals surface area (Å²) in [4.78, 5) is 4.09. The van der Waals surface area contributed by atoms with E-state index in [1.165, 1.54) is 0 Å². The molecule has 0 bridgehead atoms. The van der Waals surface area contributed by atoms with Crippen molar-refractivity contribution in [1.29, 1.82) is 0 Å². The zero-order valence-electron chi connectivity index (χ0n) is 12.6. The number of phenolic OH excluding ortho intramolecular Hbond substituents is 2. The van der Waals surface area contributed by atoms with Crippen LogP contribution in [0.3, 0.4) is 0 Å². The normalized spacial score (nSPS) is 15.2. The minimum Gasteiger partial charge on any atom is -0.504 e. The molecule has 0 aliphatic carbocycles. The third-order valence-electron chi connectivity index (χ3n) is 3.14. The Morgan fingerprint density at radius 1 is 1.12 bits per heavy atom. The van der Waals surface area contributed by atoms with Gasteiger partial charge in [0.05, 0.1) is 5.70 Å². The van der Waals surface area contributed by atoms with Gasteiger partial charge in [0.1, 0.15) is 21.4 Å². The number of azo groups is 1. The molecule has 24 heavy (non-hydrogen) atoms. The highest BCUT2D eigenvalue weighted by atomic mass is 35.5. The molecule has 2 heterocycles. The number of aryl methyl sites for hydroxylation is 1. The van der Waals surface area contributed by atoms with Crippen LogP contribution < -0.4 is 5.32 Å². The summed E-state index contributed by atoms with van der Waals surface area (Å²) in [5.41, 5.74) is 1.39. The summed E-state index contributed by atoms with van der Waals surface area (Å²) < 4.78 is 0. The van der Waals surface area contributed by atoms with Crippen molar-refractivity contribution < 1.29 is 10.2 Å². The smallest absolute Gasteiger partial charge is 0.177 e. The number of H-pyrrole nitrogens is 1. The molecule has 0 atom stereocenters. The summed E-state index contributed by atoms with van der Waals surface area (Å²) in [5.74, 6) is -0.115. The molecule has 0 radical (unpaired) electrons. The second-order valence-electron chi connectivity index (χ2n) is 5.07. The van der Waals surface area contributed by atoms with Gasteiger partial charge in [0.2, 0.25) is 0 Å². The van der Waals surface area contributed by atoms with Crippen LogP contribution in [0.15, 0.2) is 33.1 Å². The Morgan fingerprint density at radius 3 is 2.46 bits per heavy atom. The van der Waals surface area contributed by atoms with E-state index in [1.54, 1.807) is 19.1 Å². The quantitative estimate of drug-likeness (QED) is 0.469. The molecule has 2 aromatic rings. The Balaban J connectivity index is 2.07. The number of phenols is 2. The van der Waals surface area contributed by atoms with Crippen LogP contribution >= 0.6 is 23.2 Å². The summed E-state index contributed by atoms with van der Waals surface area (Å²) in [6.45, 7) is 3.56. The fourth-order valence-corrected chi connectivity index (χ4v) is 2.47. The number of hydrogen-bond donors (Lipinski definition) is 4. The molecule has 8 nitrogen and oxygen atoms in total. The summed E-state index contributed by atoms with van der Waals surface area (Å²) in [6.07, 6.45) is 1.60. The molecule has 0 amide bonds. The Bertz CT molecular complexity index is 887. The predicted octanol–water partition coefficient (Wildman–Crippen LogP) is 4.58. The fourth-order valence-electron chi connectivity index (χ4n) is 2.02. The first kappa shape index (κ1) is 16.3. The summed E-state index contributed by atoms with van der Waals surface area (Å²) in [5, 5.41) is 37.4. The SMILES string of the molecule is CC1=CC(=Nc2c(O)c(Cl)c(Nc3cc(C)[nH]n3)c(O)c2Cl)N=N1. The van der Waals surface area contributed by atoms with E-state index >= 15 is 0 Å². The maximum absolute atomic E-state index is 10.3. The predicted molar refractivity (Wildman–Crippen MR) is 92.1 cm³/mol. The Morgan fingerprint density at radius 2 is 1.88 bits per heavy atom. The zero-order valence-corrected chi connectivity index (χ0v) is 14.1. The highest BCUT2D eigenvalue weighted by molar-refractivity contribution is 6.40. The van der Waals surface area contributed by atoms with Crippen molar-refractivity contribution in [3.63, 3.8) is 0 Å². The van der Waals surface area contributed by atoms with E-state index in [0.29, 0.717) is 11.5 Å². The minimum absolute atomic E-state index is 0.0226. The van der Waals surface area contributed by atoms with Crippen molar-refractivity contribution in [2.45, 2.75) is 13.8 Å². The molecule has 1 aromatic heterocycles. The molecule has 4 N–H and O–H groups in total. The van der Waals surface area contributed by atoms with E-state index in [1.807, 2.05) is 6.92 Å². The van der Waals surface area contributed by atoms with E-state index < -0.39 is 5.75 Å². The first-order valence-electron chi connectivity index (χ1n) is 6.77. The van der Waals surface area contributed by atoms with Crippen LogP contribution in [0.5, 0.6) is 11.5 Å². The van der Waals surface area contributed by atoms with Crippen LogP contribution in [-0.4, -0.2) is 26.2 Å². The van der Waals surface area contributed by atoms with Crippen molar-refractivity contribution in [2.24, 2.45) is 15.2 Å². The largest absolute Gasteiger partial charge is 0.504 e. The summed E-state index contributed by atoms with van der Waals surface area (Å²) >= 11 is 12.3. The highest BCUT2D eigenvalue weighted by Crippen LogP contribution is 2.52. The van der Waals surface area contributed by atoms with Gasteiger partial charge in [-0.3, -0.25) is 5.10 Å². The third kappa shape index (κ3) is 2.93. The van der Waals surface area contributed by atoms with Crippen LogP contribution in [0.2, 0.25) is 10.0 Å². The first-order chi connectivity index (χ1) is 11.4. The molecular weight excluding hydrogens is 355 g/mol. The van der Waals surface area contributed by atoms with E-state index in [2.05, 4.69) is 30.7 Å². The number of nitrogens with zero attached hydrogens (tertiary/aromatic N) is 4. The van der Waals surface area contributed by atoms with Gasteiger partial charge in [-0.15, -0.1) is 5.11 Å². The van der Waals surface area contributed by atoms with Crippen molar-refractivity contribution in [1.82, 2.24) is 10.2 Å². The number of aromatic nitrogens is 2. The number of hydrogen-bond acceptors (Lipinski definition) is 6. The van der Waals surface area contributed by atoms with Crippen LogP contribution in [0.25, 0.3) is 0 Å². The number of aromatic hydroxyl groups is 2. The Labute approximate surface area is 146 Å². The average Bonchev–Trinajstić information content (AvgIpc) is 3.14. The molecule has 0 fully saturated rings. The number of halogens is 2. The van der Waals surface area contributed by atoms with Gasteiger partial charge in [-0.25, -0.2) is 4.99 Å². The van der Waals surface area contributed by atoms with Crippen molar-refractivity contribution in [3.8, 4) is 11.5 Å². The lowest BCUT2D eigenvalue weighted by Gasteiger charge is -2.13. The molecule has 0 saturated heterocycles. The van der Waals surface area contributed by atoms with Crippen LogP contribution in [0, 0.1) is 6.92 Å². The van der Waals surface area contributed by atoms with Gasteiger partial charge in [0.25, 0.3) is 0 Å². The maximum atomic E-state index is 10.3. The van der Waals surface area contributed by atoms with Gasteiger partial charge >= 0.3 is 0 Å². The number of benzene rings is 1. The number of nitrogens with one attached hydrogen (secondary N) is 2. The van der Waals surface area contributed by atoms with Gasteiger partial charge in [-0.1, -0.05) is 23.2 Å². The lowest BCUT2D eigenvalue weighted by molar-refractivity contribution is 0.464. The molecular formula is C14H12Cl2N6O2. The Hall–Kier alpha value is -2.58. The van der Waals surface area contributed by atoms with Crippen molar-refractivity contribution >= 4 is 46.2 Å². The second-order valence-corrected chi connectivity index (χ2v) is 5.82. The number of allylic oxidation sites excluding steroid dienone is 1. The lowest BCUT2D eigenvalue weighted by Crippen LogP contribution is -1.94. The second kappa shape index (κ2) is 6.14. The molecule has 0 saturated carbocycles. The molecule has 10 heteroatoms. The zero-order chi connectivity index (χ0) is 17.4. The average molecular weight is 367 g/mol. The first-order valence-corrected chi connectivity index (χ1v) is 7.53. The molecule has 124 valence electrons. The molecule has 1 aromatic carbocycles.